The summed E-state index contributed by atoms with van der Waals surface area (Å²) < 4.78 is 4.98. The Labute approximate surface area is 313 Å². The van der Waals surface area contributed by atoms with Crippen LogP contribution < -0.4 is 0 Å². The topological polar surface area (TPSA) is 43.1 Å². The molecule has 4 nitrogen and oxygen atoms in total. The highest BCUT2D eigenvalue weighted by atomic mass is 32.1. The molecule has 0 amide bonds. The first kappa shape index (κ1) is 29.6. The summed E-state index contributed by atoms with van der Waals surface area (Å²) in [6, 6.07) is 60.6. The molecule has 0 N–H and O–H groups in total. The minimum atomic E-state index is 0.648. The number of rotatable bonds is 4. The van der Waals surface area contributed by atoms with Crippen molar-refractivity contribution in [1.82, 2.24) is 19.4 Å². The molecule has 12 aromatic rings. The largest absolute Gasteiger partial charge is 0.308 e. The number of thiophene rings is 1. The van der Waals surface area contributed by atoms with Gasteiger partial charge in [-0.25, -0.2) is 15.0 Å². The van der Waals surface area contributed by atoms with E-state index < -0.39 is 0 Å². The van der Waals surface area contributed by atoms with E-state index in [-0.39, 0.29) is 0 Å². The zero-order valence-corrected chi connectivity index (χ0v) is 29.7. The van der Waals surface area contributed by atoms with Crippen LogP contribution in [0.1, 0.15) is 0 Å². The lowest BCUT2D eigenvalue weighted by Crippen LogP contribution is -2.01. The highest BCUT2D eigenvalue weighted by Gasteiger charge is 2.22. The van der Waals surface area contributed by atoms with E-state index in [4.69, 9.17) is 15.0 Å². The number of nitrogens with zero attached hydrogens (tertiary/aromatic N) is 4. The molecule has 12 rings (SSSR count). The Morgan fingerprint density at radius 1 is 0.370 bits per heavy atom. The van der Waals surface area contributed by atoms with Crippen molar-refractivity contribution in [3.63, 3.8) is 0 Å². The van der Waals surface area contributed by atoms with Gasteiger partial charge in [-0.2, -0.15) is 0 Å². The molecule has 0 fully saturated rings. The highest BCUT2D eigenvalue weighted by Crippen LogP contribution is 2.47. The summed E-state index contributed by atoms with van der Waals surface area (Å²) in [7, 11) is 0. The quantitative estimate of drug-likeness (QED) is 0.183. The second kappa shape index (κ2) is 11.3. The lowest BCUT2D eigenvalue weighted by molar-refractivity contribution is 1.08. The zero-order chi connectivity index (χ0) is 35.3. The fourth-order valence-corrected chi connectivity index (χ4v) is 9.73. The van der Waals surface area contributed by atoms with Crippen molar-refractivity contribution in [2.45, 2.75) is 0 Å². The molecular weight excluding hydrogens is 677 g/mol. The third-order valence-corrected chi connectivity index (χ3v) is 12.1. The molecule has 250 valence electrons. The average molecular weight is 705 g/mol. The SMILES string of the molecule is c1ccc(-c2nc(-c3cc4sc5ccc6c7ccccc7n7c8ccccc8c(c3)c4c5c67)nc(-c3ccccc3-c3ccc4ccccc4c3)n2)cc1. The summed E-state index contributed by atoms with van der Waals surface area (Å²) in [5.41, 5.74) is 8.77. The number of hydrogen-bond acceptors (Lipinski definition) is 4. The number of aromatic nitrogens is 4. The molecular formula is C49H28N4S. The van der Waals surface area contributed by atoms with Crippen LogP contribution in [0, 0.1) is 0 Å². The zero-order valence-electron chi connectivity index (χ0n) is 28.9. The fraction of sp³-hybridized carbons (Fsp3) is 0. The van der Waals surface area contributed by atoms with Crippen LogP contribution in [0.5, 0.6) is 0 Å². The Kier molecular flexibility index (Phi) is 6.18. The van der Waals surface area contributed by atoms with Crippen molar-refractivity contribution in [1.29, 1.82) is 0 Å². The van der Waals surface area contributed by atoms with Gasteiger partial charge in [-0.3, -0.25) is 0 Å². The first-order valence-electron chi connectivity index (χ1n) is 18.2. The van der Waals surface area contributed by atoms with Gasteiger partial charge in [0, 0.05) is 53.0 Å². The number of fused-ring (bicyclic) bond motifs is 7. The molecule has 0 aliphatic carbocycles. The van der Waals surface area contributed by atoms with E-state index in [1.54, 1.807) is 0 Å². The Hall–Kier alpha value is -6.95. The molecule has 54 heavy (non-hydrogen) atoms. The minimum absolute atomic E-state index is 0.648. The van der Waals surface area contributed by atoms with E-state index in [0.717, 1.165) is 27.8 Å². The van der Waals surface area contributed by atoms with Gasteiger partial charge in [0.05, 0.1) is 16.6 Å². The monoisotopic (exact) mass is 704 g/mol. The molecule has 0 bridgehead atoms. The third kappa shape index (κ3) is 4.27. The normalized spacial score (nSPS) is 12.1. The summed E-state index contributed by atoms with van der Waals surface area (Å²) in [6.45, 7) is 0. The Morgan fingerprint density at radius 2 is 1.02 bits per heavy atom. The van der Waals surface area contributed by atoms with Crippen LogP contribution in [0.3, 0.4) is 0 Å². The van der Waals surface area contributed by atoms with Gasteiger partial charge in [0.25, 0.3) is 0 Å². The Morgan fingerprint density at radius 3 is 1.83 bits per heavy atom. The summed E-state index contributed by atoms with van der Waals surface area (Å²) in [5, 5.41) is 9.97. The van der Waals surface area contributed by atoms with Crippen LogP contribution in [-0.4, -0.2) is 19.4 Å². The van der Waals surface area contributed by atoms with Gasteiger partial charge < -0.3 is 4.40 Å². The summed E-state index contributed by atoms with van der Waals surface area (Å²) in [4.78, 5) is 15.7. The molecule has 0 saturated carbocycles. The maximum atomic E-state index is 5.32. The predicted octanol–water partition coefficient (Wildman–Crippen LogP) is 13.2. The van der Waals surface area contributed by atoms with E-state index >= 15 is 0 Å². The summed E-state index contributed by atoms with van der Waals surface area (Å²) >= 11 is 1.84. The smallest absolute Gasteiger partial charge is 0.164 e. The average Bonchev–Trinajstić information content (AvgIpc) is 3.75. The minimum Gasteiger partial charge on any atom is -0.308 e. The summed E-state index contributed by atoms with van der Waals surface area (Å²) in [5.74, 6) is 1.95. The van der Waals surface area contributed by atoms with Gasteiger partial charge in [-0.15, -0.1) is 11.3 Å². The van der Waals surface area contributed by atoms with E-state index in [9.17, 15) is 0 Å². The van der Waals surface area contributed by atoms with Gasteiger partial charge in [0.15, 0.2) is 17.5 Å². The second-order valence-corrected chi connectivity index (χ2v) is 15.1. The number of para-hydroxylation sites is 2. The van der Waals surface area contributed by atoms with E-state index in [2.05, 4.69) is 156 Å². The predicted molar refractivity (Wildman–Crippen MR) is 227 cm³/mol. The van der Waals surface area contributed by atoms with Gasteiger partial charge in [0.2, 0.25) is 0 Å². The van der Waals surface area contributed by atoms with E-state index in [1.807, 2.05) is 29.5 Å². The van der Waals surface area contributed by atoms with Gasteiger partial charge in [0.1, 0.15) is 0 Å². The van der Waals surface area contributed by atoms with Crippen molar-refractivity contribution in [3.8, 4) is 45.3 Å². The third-order valence-electron chi connectivity index (χ3n) is 11.0. The summed E-state index contributed by atoms with van der Waals surface area (Å²) in [6.07, 6.45) is 0. The van der Waals surface area contributed by atoms with Crippen molar-refractivity contribution in [2.24, 2.45) is 0 Å². The lowest BCUT2D eigenvalue weighted by Gasteiger charge is -2.13. The molecule has 5 heteroatoms. The Balaban J connectivity index is 1.16. The molecule has 0 saturated heterocycles. The molecule has 0 spiro atoms. The van der Waals surface area contributed by atoms with Crippen molar-refractivity contribution in [2.75, 3.05) is 0 Å². The number of hydrogen-bond donors (Lipinski definition) is 0. The van der Waals surface area contributed by atoms with Crippen molar-refractivity contribution in [3.05, 3.63) is 170 Å². The van der Waals surface area contributed by atoms with Crippen LogP contribution >= 0.6 is 11.3 Å². The first-order valence-corrected chi connectivity index (χ1v) is 19.0. The van der Waals surface area contributed by atoms with Crippen LogP contribution in [0.4, 0.5) is 0 Å². The maximum Gasteiger partial charge on any atom is 0.164 e. The second-order valence-electron chi connectivity index (χ2n) is 14.0. The fourth-order valence-electron chi connectivity index (χ4n) is 8.55. The van der Waals surface area contributed by atoms with Crippen molar-refractivity contribution < 1.29 is 0 Å². The maximum absolute atomic E-state index is 5.32. The molecule has 0 radical (unpaired) electrons. The van der Waals surface area contributed by atoms with E-state index in [1.165, 1.54) is 69.0 Å². The molecule has 0 aliphatic heterocycles. The molecule has 8 aromatic carbocycles. The van der Waals surface area contributed by atoms with Gasteiger partial charge in [-0.1, -0.05) is 133 Å². The Bertz CT molecular complexity index is 3440. The first-order chi connectivity index (χ1) is 26.8. The van der Waals surface area contributed by atoms with Crippen LogP contribution in [0.15, 0.2) is 170 Å². The van der Waals surface area contributed by atoms with E-state index in [0.29, 0.717) is 17.5 Å². The number of benzene rings is 8. The molecule has 4 aromatic heterocycles. The molecule has 4 heterocycles. The van der Waals surface area contributed by atoms with Crippen LogP contribution in [0.25, 0.3) is 114 Å². The van der Waals surface area contributed by atoms with Crippen LogP contribution in [0.2, 0.25) is 0 Å². The van der Waals surface area contributed by atoms with Gasteiger partial charge in [-0.05, 0) is 63.7 Å². The van der Waals surface area contributed by atoms with Gasteiger partial charge >= 0.3 is 0 Å². The van der Waals surface area contributed by atoms with Crippen molar-refractivity contribution >= 4 is 80.4 Å². The lowest BCUT2D eigenvalue weighted by atomic mass is 9.96. The molecule has 0 unspecified atom stereocenters. The highest BCUT2D eigenvalue weighted by molar-refractivity contribution is 7.26. The molecule has 0 atom stereocenters. The standard InChI is InChI=1S/C49H28N4S/c1-2-13-30(14-3-1)47-50-48(52-49(51-47)38-19-7-6-16-34(38)32-23-22-29-12-4-5-15-31(29)26-32)33-27-39-36-18-9-11-21-41(36)53-40-20-10-8-17-35(40)37-24-25-42-45(46(37)53)44(39)43(28-33)54-42/h1-28H. The molecule has 0 aliphatic rings. The van der Waals surface area contributed by atoms with Crippen LogP contribution in [-0.2, 0) is 0 Å².